The number of nitrogens with two attached hydrogens (primary N) is 1. The number of benzene rings is 1. The van der Waals surface area contributed by atoms with E-state index in [0.29, 0.717) is 21.5 Å². The quantitative estimate of drug-likeness (QED) is 0.836. The molecule has 1 aromatic heterocycles. The predicted octanol–water partition coefficient (Wildman–Crippen LogP) is 2.68. The highest BCUT2D eigenvalue weighted by Crippen LogP contribution is 2.20. The number of rotatable bonds is 2. The van der Waals surface area contributed by atoms with Gasteiger partial charge in [0.1, 0.15) is 5.82 Å². The van der Waals surface area contributed by atoms with Crippen molar-refractivity contribution in [1.29, 1.82) is 0 Å². The fourth-order valence-electron chi connectivity index (χ4n) is 1.34. The van der Waals surface area contributed by atoms with E-state index in [2.05, 4.69) is 26.2 Å². The lowest BCUT2D eigenvalue weighted by molar-refractivity contribution is 0.102. The van der Waals surface area contributed by atoms with Crippen molar-refractivity contribution in [3.05, 3.63) is 52.6 Å². The first-order chi connectivity index (χ1) is 8.16. The highest BCUT2D eigenvalue weighted by atomic mass is 79.9. The van der Waals surface area contributed by atoms with E-state index in [0.717, 1.165) is 0 Å². The van der Waals surface area contributed by atoms with Crippen LogP contribution in [0, 0.1) is 0 Å². The number of nitrogens with one attached hydrogen (secondary N) is 1. The molecule has 0 unspecified atom stereocenters. The van der Waals surface area contributed by atoms with Crippen LogP contribution < -0.4 is 11.1 Å². The number of amides is 1. The van der Waals surface area contributed by atoms with Crippen molar-refractivity contribution in [2.75, 3.05) is 11.1 Å². The van der Waals surface area contributed by atoms with Crippen LogP contribution in [0.2, 0.25) is 0 Å². The van der Waals surface area contributed by atoms with Crippen molar-refractivity contribution < 1.29 is 4.79 Å². The highest BCUT2D eigenvalue weighted by molar-refractivity contribution is 9.10. The van der Waals surface area contributed by atoms with Crippen LogP contribution >= 0.6 is 15.9 Å². The van der Waals surface area contributed by atoms with Crippen LogP contribution in [0.4, 0.5) is 11.5 Å². The Morgan fingerprint density at radius 2 is 2.12 bits per heavy atom. The van der Waals surface area contributed by atoms with Gasteiger partial charge >= 0.3 is 0 Å². The molecule has 0 spiro atoms. The second-order valence-electron chi connectivity index (χ2n) is 3.41. The van der Waals surface area contributed by atoms with Gasteiger partial charge in [-0.1, -0.05) is 6.07 Å². The number of carbonyl (C=O) groups is 1. The number of aromatic nitrogens is 1. The number of halogens is 1. The van der Waals surface area contributed by atoms with Crippen LogP contribution in [-0.2, 0) is 0 Å². The Kier molecular flexibility index (Phi) is 3.39. The highest BCUT2D eigenvalue weighted by Gasteiger charge is 2.10. The smallest absolute Gasteiger partial charge is 0.258 e. The van der Waals surface area contributed by atoms with Gasteiger partial charge in [-0.05, 0) is 46.3 Å². The fourth-order valence-corrected chi connectivity index (χ4v) is 1.76. The van der Waals surface area contributed by atoms with Crippen LogP contribution in [0.15, 0.2) is 47.1 Å². The molecule has 5 heteroatoms. The van der Waals surface area contributed by atoms with Crippen LogP contribution in [0.5, 0.6) is 0 Å². The van der Waals surface area contributed by atoms with Crippen molar-refractivity contribution in [1.82, 2.24) is 4.98 Å². The van der Waals surface area contributed by atoms with Crippen molar-refractivity contribution in [3.63, 3.8) is 0 Å². The molecular formula is C12H10BrN3O. The molecule has 0 atom stereocenters. The van der Waals surface area contributed by atoms with Gasteiger partial charge < -0.3 is 11.1 Å². The second-order valence-corrected chi connectivity index (χ2v) is 4.26. The molecule has 2 aromatic rings. The molecule has 0 bridgehead atoms. The lowest BCUT2D eigenvalue weighted by atomic mass is 10.2. The summed E-state index contributed by atoms with van der Waals surface area (Å²) in [6, 6.07) is 10.4. The lowest BCUT2D eigenvalue weighted by Crippen LogP contribution is -2.13. The first-order valence-electron chi connectivity index (χ1n) is 4.94. The monoisotopic (exact) mass is 291 g/mol. The molecule has 0 radical (unpaired) electrons. The lowest BCUT2D eigenvalue weighted by Gasteiger charge is -2.06. The van der Waals surface area contributed by atoms with E-state index in [1.165, 1.54) is 0 Å². The third-order valence-electron chi connectivity index (χ3n) is 2.14. The summed E-state index contributed by atoms with van der Waals surface area (Å²) >= 11 is 3.31. The number of nitrogen functional groups attached to an aromatic ring is 1. The van der Waals surface area contributed by atoms with Crippen molar-refractivity contribution in [3.8, 4) is 0 Å². The Bertz CT molecular complexity index is 543. The Balaban J connectivity index is 2.23. The van der Waals surface area contributed by atoms with E-state index >= 15 is 0 Å². The second kappa shape index (κ2) is 4.97. The summed E-state index contributed by atoms with van der Waals surface area (Å²) in [6.45, 7) is 0. The van der Waals surface area contributed by atoms with Gasteiger partial charge in [-0.2, -0.15) is 0 Å². The van der Waals surface area contributed by atoms with Gasteiger partial charge in [0.05, 0.1) is 5.56 Å². The summed E-state index contributed by atoms with van der Waals surface area (Å²) in [7, 11) is 0. The van der Waals surface area contributed by atoms with E-state index in [4.69, 9.17) is 5.73 Å². The Morgan fingerprint density at radius 3 is 2.82 bits per heavy atom. The minimum Gasteiger partial charge on any atom is -0.399 e. The Hall–Kier alpha value is -1.88. The molecule has 0 saturated heterocycles. The van der Waals surface area contributed by atoms with Gasteiger partial charge in [-0.15, -0.1) is 0 Å². The maximum Gasteiger partial charge on any atom is 0.258 e. The molecule has 2 rings (SSSR count). The van der Waals surface area contributed by atoms with Crippen molar-refractivity contribution >= 4 is 33.3 Å². The van der Waals surface area contributed by atoms with Gasteiger partial charge in [-0.3, -0.25) is 4.79 Å². The summed E-state index contributed by atoms with van der Waals surface area (Å²) in [5.41, 5.74) is 6.67. The summed E-state index contributed by atoms with van der Waals surface area (Å²) in [5.74, 6) is 0.259. The summed E-state index contributed by atoms with van der Waals surface area (Å²) in [4.78, 5) is 16.0. The van der Waals surface area contributed by atoms with E-state index in [1.54, 1.807) is 42.6 Å². The van der Waals surface area contributed by atoms with E-state index < -0.39 is 0 Å². The molecule has 0 aliphatic rings. The maximum atomic E-state index is 12.0. The normalized spacial score (nSPS) is 9.94. The van der Waals surface area contributed by atoms with E-state index in [9.17, 15) is 4.79 Å². The molecule has 0 saturated carbocycles. The first-order valence-corrected chi connectivity index (χ1v) is 5.73. The molecule has 86 valence electrons. The SMILES string of the molecule is Nc1ccc(Br)c(C(=O)Nc2ccccn2)c1. The molecule has 1 heterocycles. The van der Waals surface area contributed by atoms with E-state index in [1.807, 2.05) is 0 Å². The number of anilines is 2. The number of hydrogen-bond acceptors (Lipinski definition) is 3. The molecule has 1 aromatic carbocycles. The maximum absolute atomic E-state index is 12.0. The van der Waals surface area contributed by atoms with Crippen LogP contribution in [0.1, 0.15) is 10.4 Å². The zero-order valence-electron chi connectivity index (χ0n) is 8.85. The van der Waals surface area contributed by atoms with Gasteiger partial charge in [0.15, 0.2) is 0 Å². The standard InChI is InChI=1S/C12H10BrN3O/c13-10-5-4-8(14)7-9(10)12(17)16-11-3-1-2-6-15-11/h1-7H,14H2,(H,15,16,17). The molecular weight excluding hydrogens is 282 g/mol. The fraction of sp³-hybridized carbons (Fsp3) is 0. The average molecular weight is 292 g/mol. The predicted molar refractivity (Wildman–Crippen MR) is 70.7 cm³/mol. The largest absolute Gasteiger partial charge is 0.399 e. The van der Waals surface area contributed by atoms with Gasteiger partial charge in [-0.25, -0.2) is 4.98 Å². The molecule has 1 amide bonds. The first kappa shape index (κ1) is 11.6. The molecule has 3 N–H and O–H groups in total. The summed E-state index contributed by atoms with van der Waals surface area (Å²) in [6.07, 6.45) is 1.62. The van der Waals surface area contributed by atoms with Crippen LogP contribution in [0.3, 0.4) is 0 Å². The molecule has 0 aliphatic heterocycles. The molecule has 4 nitrogen and oxygen atoms in total. The zero-order chi connectivity index (χ0) is 12.3. The average Bonchev–Trinajstić information content (AvgIpc) is 2.33. The number of pyridine rings is 1. The topological polar surface area (TPSA) is 68.0 Å². The third-order valence-corrected chi connectivity index (χ3v) is 2.83. The summed E-state index contributed by atoms with van der Waals surface area (Å²) < 4.78 is 0.695. The minimum atomic E-state index is -0.247. The Labute approximate surface area is 107 Å². The van der Waals surface area contributed by atoms with Crippen LogP contribution in [-0.4, -0.2) is 10.9 Å². The van der Waals surface area contributed by atoms with E-state index in [-0.39, 0.29) is 5.91 Å². The zero-order valence-corrected chi connectivity index (χ0v) is 10.4. The van der Waals surface area contributed by atoms with Gasteiger partial charge in [0.25, 0.3) is 5.91 Å². The van der Waals surface area contributed by atoms with Gasteiger partial charge in [0.2, 0.25) is 0 Å². The molecule has 0 fully saturated rings. The van der Waals surface area contributed by atoms with Gasteiger partial charge in [0, 0.05) is 16.4 Å². The Morgan fingerprint density at radius 1 is 1.29 bits per heavy atom. The number of carbonyl (C=O) groups excluding carboxylic acids is 1. The minimum absolute atomic E-state index is 0.247. The summed E-state index contributed by atoms with van der Waals surface area (Å²) in [5, 5.41) is 2.69. The molecule has 0 aliphatic carbocycles. The van der Waals surface area contributed by atoms with Crippen molar-refractivity contribution in [2.24, 2.45) is 0 Å². The molecule has 17 heavy (non-hydrogen) atoms. The van der Waals surface area contributed by atoms with Crippen molar-refractivity contribution in [2.45, 2.75) is 0 Å². The van der Waals surface area contributed by atoms with Crippen LogP contribution in [0.25, 0.3) is 0 Å². The third kappa shape index (κ3) is 2.82. The number of hydrogen-bond donors (Lipinski definition) is 2. The number of nitrogens with zero attached hydrogens (tertiary/aromatic N) is 1.